The summed E-state index contributed by atoms with van der Waals surface area (Å²) >= 11 is 0. The van der Waals surface area contributed by atoms with Gasteiger partial charge < -0.3 is 15.1 Å². The number of hydrogen-bond acceptors (Lipinski definition) is 6. The standard InChI is InChI=1S/C12H22N6/c1-9-6-5-7-18(8-9)12-15-10(13-2)14-11(16-12)17(3)4/h9H,5-8H2,1-4H3,(H,13,14,15,16). The molecule has 0 radical (unpaired) electrons. The van der Waals surface area contributed by atoms with Crippen LogP contribution < -0.4 is 15.1 Å². The molecule has 0 spiro atoms. The number of anilines is 3. The summed E-state index contributed by atoms with van der Waals surface area (Å²) < 4.78 is 0. The van der Waals surface area contributed by atoms with Crippen LogP contribution in [-0.2, 0) is 0 Å². The zero-order valence-corrected chi connectivity index (χ0v) is 11.6. The molecule has 6 heteroatoms. The lowest BCUT2D eigenvalue weighted by Crippen LogP contribution is -2.36. The van der Waals surface area contributed by atoms with Crippen molar-refractivity contribution in [3.63, 3.8) is 0 Å². The van der Waals surface area contributed by atoms with Crippen molar-refractivity contribution >= 4 is 17.8 Å². The highest BCUT2D eigenvalue weighted by Gasteiger charge is 2.20. The fourth-order valence-corrected chi connectivity index (χ4v) is 2.18. The van der Waals surface area contributed by atoms with Crippen LogP contribution in [0.1, 0.15) is 19.8 Å². The predicted octanol–water partition coefficient (Wildman–Crippen LogP) is 1.22. The molecular weight excluding hydrogens is 228 g/mol. The minimum absolute atomic E-state index is 0.627. The van der Waals surface area contributed by atoms with E-state index < -0.39 is 0 Å². The van der Waals surface area contributed by atoms with Gasteiger partial charge in [-0.2, -0.15) is 15.0 Å². The molecule has 2 heterocycles. The molecule has 0 amide bonds. The minimum atomic E-state index is 0.627. The molecule has 18 heavy (non-hydrogen) atoms. The molecule has 1 aliphatic rings. The van der Waals surface area contributed by atoms with Crippen molar-refractivity contribution in [3.05, 3.63) is 0 Å². The molecule has 0 aliphatic carbocycles. The molecule has 1 unspecified atom stereocenters. The second-order valence-electron chi connectivity index (χ2n) is 5.10. The SMILES string of the molecule is CNc1nc(N(C)C)nc(N2CCCC(C)C2)n1. The van der Waals surface area contributed by atoms with Crippen molar-refractivity contribution in [1.29, 1.82) is 0 Å². The van der Waals surface area contributed by atoms with Gasteiger partial charge in [0.05, 0.1) is 0 Å². The van der Waals surface area contributed by atoms with Crippen molar-refractivity contribution in [2.75, 3.05) is 49.3 Å². The first-order chi connectivity index (χ1) is 8.60. The van der Waals surface area contributed by atoms with Crippen LogP contribution in [0.4, 0.5) is 17.8 Å². The second-order valence-corrected chi connectivity index (χ2v) is 5.10. The van der Waals surface area contributed by atoms with E-state index in [0.29, 0.717) is 17.8 Å². The monoisotopic (exact) mass is 250 g/mol. The van der Waals surface area contributed by atoms with E-state index in [0.717, 1.165) is 19.0 Å². The van der Waals surface area contributed by atoms with E-state index in [1.54, 1.807) is 0 Å². The highest BCUT2D eigenvalue weighted by molar-refractivity contribution is 5.44. The van der Waals surface area contributed by atoms with Crippen molar-refractivity contribution in [2.24, 2.45) is 5.92 Å². The van der Waals surface area contributed by atoms with Gasteiger partial charge in [-0.1, -0.05) is 6.92 Å². The maximum atomic E-state index is 4.53. The molecule has 0 saturated carbocycles. The Bertz CT molecular complexity index is 406. The predicted molar refractivity (Wildman–Crippen MR) is 74.3 cm³/mol. The Morgan fingerprint density at radius 2 is 2.06 bits per heavy atom. The first-order valence-corrected chi connectivity index (χ1v) is 6.46. The average Bonchev–Trinajstić information content (AvgIpc) is 2.38. The fourth-order valence-electron chi connectivity index (χ4n) is 2.18. The summed E-state index contributed by atoms with van der Waals surface area (Å²) in [5.41, 5.74) is 0. The number of aromatic nitrogens is 3. The molecule has 1 N–H and O–H groups in total. The van der Waals surface area contributed by atoms with Gasteiger partial charge in [0.25, 0.3) is 0 Å². The highest BCUT2D eigenvalue weighted by atomic mass is 15.3. The van der Waals surface area contributed by atoms with E-state index in [4.69, 9.17) is 0 Å². The number of rotatable bonds is 3. The summed E-state index contributed by atoms with van der Waals surface area (Å²) in [5, 5.41) is 3.00. The molecule has 1 aromatic rings. The quantitative estimate of drug-likeness (QED) is 0.870. The van der Waals surface area contributed by atoms with Crippen molar-refractivity contribution in [3.8, 4) is 0 Å². The van der Waals surface area contributed by atoms with Crippen LogP contribution in [0, 0.1) is 5.92 Å². The molecule has 1 saturated heterocycles. The number of hydrogen-bond donors (Lipinski definition) is 1. The van der Waals surface area contributed by atoms with Crippen molar-refractivity contribution in [1.82, 2.24) is 15.0 Å². The Morgan fingerprint density at radius 1 is 1.28 bits per heavy atom. The lowest BCUT2D eigenvalue weighted by atomic mass is 10.0. The van der Waals surface area contributed by atoms with Crippen LogP contribution in [0.2, 0.25) is 0 Å². The summed E-state index contributed by atoms with van der Waals surface area (Å²) in [6, 6.07) is 0. The van der Waals surface area contributed by atoms with Gasteiger partial charge >= 0.3 is 0 Å². The van der Waals surface area contributed by atoms with Crippen LogP contribution in [-0.4, -0.2) is 49.2 Å². The number of nitrogens with zero attached hydrogens (tertiary/aromatic N) is 5. The average molecular weight is 250 g/mol. The normalized spacial score (nSPS) is 19.8. The van der Waals surface area contributed by atoms with Crippen molar-refractivity contribution in [2.45, 2.75) is 19.8 Å². The van der Waals surface area contributed by atoms with Gasteiger partial charge in [0.2, 0.25) is 17.8 Å². The Morgan fingerprint density at radius 3 is 2.67 bits per heavy atom. The third-order valence-corrected chi connectivity index (χ3v) is 3.18. The van der Waals surface area contributed by atoms with Gasteiger partial charge in [0, 0.05) is 34.2 Å². The van der Waals surface area contributed by atoms with Gasteiger partial charge in [-0.15, -0.1) is 0 Å². The molecule has 6 nitrogen and oxygen atoms in total. The molecule has 2 rings (SSSR count). The summed E-state index contributed by atoms with van der Waals surface area (Å²) in [7, 11) is 5.71. The van der Waals surface area contributed by atoms with Gasteiger partial charge in [-0.05, 0) is 18.8 Å². The minimum Gasteiger partial charge on any atom is -0.357 e. The second kappa shape index (κ2) is 5.37. The van der Waals surface area contributed by atoms with E-state index in [-0.39, 0.29) is 0 Å². The van der Waals surface area contributed by atoms with E-state index in [1.807, 2.05) is 26.0 Å². The van der Waals surface area contributed by atoms with E-state index >= 15 is 0 Å². The van der Waals surface area contributed by atoms with Gasteiger partial charge in [-0.3, -0.25) is 0 Å². The molecular formula is C12H22N6. The summed E-state index contributed by atoms with van der Waals surface area (Å²) in [6.45, 7) is 4.34. The molecule has 1 aliphatic heterocycles. The van der Waals surface area contributed by atoms with E-state index in [9.17, 15) is 0 Å². The van der Waals surface area contributed by atoms with Crippen LogP contribution in [0.3, 0.4) is 0 Å². The molecule has 1 fully saturated rings. The van der Waals surface area contributed by atoms with Crippen LogP contribution in [0.25, 0.3) is 0 Å². The molecule has 100 valence electrons. The molecule has 0 bridgehead atoms. The Balaban J connectivity index is 2.28. The summed E-state index contributed by atoms with van der Waals surface area (Å²) in [5.74, 6) is 2.81. The summed E-state index contributed by atoms with van der Waals surface area (Å²) in [4.78, 5) is 17.5. The summed E-state index contributed by atoms with van der Waals surface area (Å²) in [6.07, 6.45) is 2.50. The van der Waals surface area contributed by atoms with Crippen LogP contribution >= 0.6 is 0 Å². The molecule has 1 atom stereocenters. The number of nitrogens with one attached hydrogen (secondary N) is 1. The highest BCUT2D eigenvalue weighted by Crippen LogP contribution is 2.21. The first kappa shape index (κ1) is 12.9. The van der Waals surface area contributed by atoms with E-state index in [1.165, 1.54) is 12.8 Å². The fraction of sp³-hybridized carbons (Fsp3) is 0.750. The van der Waals surface area contributed by atoms with Gasteiger partial charge in [0.15, 0.2) is 0 Å². The Hall–Kier alpha value is -1.59. The van der Waals surface area contributed by atoms with E-state index in [2.05, 4.69) is 32.1 Å². The maximum Gasteiger partial charge on any atom is 0.231 e. The Labute approximate surface area is 108 Å². The first-order valence-electron chi connectivity index (χ1n) is 6.46. The van der Waals surface area contributed by atoms with Crippen molar-refractivity contribution < 1.29 is 0 Å². The smallest absolute Gasteiger partial charge is 0.231 e. The maximum absolute atomic E-state index is 4.53. The lowest BCUT2D eigenvalue weighted by molar-refractivity contribution is 0.442. The third kappa shape index (κ3) is 2.80. The Kier molecular flexibility index (Phi) is 3.84. The third-order valence-electron chi connectivity index (χ3n) is 3.18. The van der Waals surface area contributed by atoms with Gasteiger partial charge in [-0.25, -0.2) is 0 Å². The molecule has 0 aromatic carbocycles. The largest absolute Gasteiger partial charge is 0.357 e. The zero-order valence-electron chi connectivity index (χ0n) is 11.6. The zero-order chi connectivity index (χ0) is 13.1. The lowest BCUT2D eigenvalue weighted by Gasteiger charge is -2.31. The van der Waals surface area contributed by atoms with Crippen LogP contribution in [0.15, 0.2) is 0 Å². The number of piperidine rings is 1. The van der Waals surface area contributed by atoms with Crippen LogP contribution in [0.5, 0.6) is 0 Å². The van der Waals surface area contributed by atoms with Gasteiger partial charge in [0.1, 0.15) is 0 Å². The molecule has 1 aromatic heterocycles. The topological polar surface area (TPSA) is 57.2 Å².